The molecule has 2 aromatic heterocycles. The first-order valence-corrected chi connectivity index (χ1v) is 11.3. The first-order valence-electron chi connectivity index (χ1n) is 10.1. The molecule has 0 fully saturated rings. The van der Waals surface area contributed by atoms with E-state index >= 15 is 0 Å². The molecule has 4 N–H and O–H groups in total. The highest BCUT2D eigenvalue weighted by molar-refractivity contribution is 7.13. The van der Waals surface area contributed by atoms with Crippen molar-refractivity contribution in [2.24, 2.45) is 0 Å². The normalized spacial score (nSPS) is 14.0. The number of carbonyl (C=O) groups excluding carboxylic acids is 4. The summed E-state index contributed by atoms with van der Waals surface area (Å²) in [4.78, 5) is 59.9. The van der Waals surface area contributed by atoms with E-state index < -0.39 is 23.8 Å². The third-order valence-electron chi connectivity index (χ3n) is 4.73. The van der Waals surface area contributed by atoms with Crippen molar-refractivity contribution in [3.05, 3.63) is 38.9 Å². The molecule has 3 rings (SSSR count). The van der Waals surface area contributed by atoms with Gasteiger partial charge in [-0.05, 0) is 19.2 Å². The standard InChI is InChI=1S/C20H24ClN7O4S/c1-11(29)22-8-13(9-24-17(30)18(31)27-16-4-3-12(21)7-23-16)25-19(32)20-26-14-5-6-28(2)10-15(14)33-20/h3-4,7,13H,5-6,8-10H2,1-2H3,(H,22,29)(H,24,30)(H,25,32)(H,23,27,31). The van der Waals surface area contributed by atoms with Gasteiger partial charge in [0.05, 0.1) is 16.8 Å². The van der Waals surface area contributed by atoms with Gasteiger partial charge < -0.3 is 26.2 Å². The number of aromatic nitrogens is 2. The minimum Gasteiger partial charge on any atom is -0.354 e. The van der Waals surface area contributed by atoms with Crippen LogP contribution in [-0.4, -0.2) is 71.2 Å². The first kappa shape index (κ1) is 24.6. The Kier molecular flexibility index (Phi) is 8.31. The third kappa shape index (κ3) is 7.20. The molecular weight excluding hydrogens is 470 g/mol. The molecule has 4 amide bonds. The van der Waals surface area contributed by atoms with Crippen LogP contribution < -0.4 is 21.3 Å². The highest BCUT2D eigenvalue weighted by Gasteiger charge is 2.24. The van der Waals surface area contributed by atoms with Gasteiger partial charge in [0.2, 0.25) is 5.91 Å². The number of nitrogens with zero attached hydrogens (tertiary/aromatic N) is 3. The van der Waals surface area contributed by atoms with Crippen molar-refractivity contribution in [1.82, 2.24) is 30.8 Å². The molecule has 0 aliphatic carbocycles. The summed E-state index contributed by atoms with van der Waals surface area (Å²) in [7, 11) is 2.01. The van der Waals surface area contributed by atoms with Gasteiger partial charge in [-0.1, -0.05) is 11.6 Å². The van der Waals surface area contributed by atoms with E-state index in [-0.39, 0.29) is 24.8 Å². The minimum atomic E-state index is -0.925. The number of anilines is 1. The number of hydrogen-bond acceptors (Lipinski definition) is 8. The third-order valence-corrected chi connectivity index (χ3v) is 6.04. The van der Waals surface area contributed by atoms with Gasteiger partial charge >= 0.3 is 11.8 Å². The van der Waals surface area contributed by atoms with Gasteiger partial charge in [0.1, 0.15) is 5.82 Å². The molecule has 3 heterocycles. The molecule has 13 heteroatoms. The van der Waals surface area contributed by atoms with Gasteiger partial charge in [0.25, 0.3) is 5.91 Å². The summed E-state index contributed by atoms with van der Waals surface area (Å²) in [5.74, 6) is -2.37. The van der Waals surface area contributed by atoms with Crippen molar-refractivity contribution in [2.75, 3.05) is 32.0 Å². The number of hydrogen-bond donors (Lipinski definition) is 4. The van der Waals surface area contributed by atoms with Crippen LogP contribution in [0.3, 0.4) is 0 Å². The second-order valence-corrected chi connectivity index (χ2v) is 9.03. The molecule has 0 spiro atoms. The lowest BCUT2D eigenvalue weighted by Gasteiger charge is -2.20. The van der Waals surface area contributed by atoms with Crippen LogP contribution in [0.2, 0.25) is 5.02 Å². The number of likely N-dealkylation sites (N-methyl/N-ethyl adjacent to an activating group) is 1. The number of halogens is 1. The maximum absolute atomic E-state index is 12.7. The van der Waals surface area contributed by atoms with Crippen LogP contribution in [0.1, 0.15) is 27.3 Å². The Morgan fingerprint density at radius 3 is 2.64 bits per heavy atom. The van der Waals surface area contributed by atoms with E-state index in [9.17, 15) is 19.2 Å². The van der Waals surface area contributed by atoms with Crippen LogP contribution in [0, 0.1) is 0 Å². The number of amides is 4. The molecule has 1 aliphatic rings. The number of nitrogens with one attached hydrogen (secondary N) is 4. The van der Waals surface area contributed by atoms with Crippen LogP contribution >= 0.6 is 22.9 Å². The Morgan fingerprint density at radius 2 is 1.94 bits per heavy atom. The molecule has 0 radical (unpaired) electrons. The lowest BCUT2D eigenvalue weighted by atomic mass is 10.2. The first-order chi connectivity index (χ1) is 15.7. The second kappa shape index (κ2) is 11.2. The predicted molar refractivity (Wildman–Crippen MR) is 123 cm³/mol. The fraction of sp³-hybridized carbons (Fsp3) is 0.400. The molecule has 0 aromatic carbocycles. The lowest BCUT2D eigenvalue weighted by molar-refractivity contribution is -0.136. The van der Waals surface area contributed by atoms with E-state index in [4.69, 9.17) is 11.6 Å². The minimum absolute atomic E-state index is 0.0650. The number of fused-ring (bicyclic) bond motifs is 1. The Balaban J connectivity index is 1.58. The van der Waals surface area contributed by atoms with Crippen LogP contribution in [0.5, 0.6) is 0 Å². The predicted octanol–water partition coefficient (Wildman–Crippen LogP) is 0.169. The molecule has 1 atom stereocenters. The van der Waals surface area contributed by atoms with Crippen molar-refractivity contribution < 1.29 is 19.2 Å². The maximum atomic E-state index is 12.7. The Hall–Kier alpha value is -3.09. The van der Waals surface area contributed by atoms with E-state index in [2.05, 4.69) is 36.1 Å². The summed E-state index contributed by atoms with van der Waals surface area (Å²) >= 11 is 7.07. The molecule has 11 nitrogen and oxygen atoms in total. The Bertz CT molecular complexity index is 1040. The number of carbonyl (C=O) groups is 4. The summed E-state index contributed by atoms with van der Waals surface area (Å²) in [5, 5.41) is 10.9. The van der Waals surface area contributed by atoms with E-state index in [0.29, 0.717) is 10.0 Å². The van der Waals surface area contributed by atoms with E-state index in [1.54, 1.807) is 0 Å². The van der Waals surface area contributed by atoms with Crippen LogP contribution in [0.25, 0.3) is 0 Å². The molecule has 176 valence electrons. The molecule has 1 unspecified atom stereocenters. The molecule has 2 aromatic rings. The number of thiazole rings is 1. The van der Waals surface area contributed by atoms with Crippen molar-refractivity contribution in [1.29, 1.82) is 0 Å². The Morgan fingerprint density at radius 1 is 1.18 bits per heavy atom. The summed E-state index contributed by atoms with van der Waals surface area (Å²) in [6, 6.07) is 2.32. The van der Waals surface area contributed by atoms with E-state index in [1.165, 1.54) is 36.6 Å². The topological polar surface area (TPSA) is 145 Å². The van der Waals surface area contributed by atoms with E-state index in [0.717, 1.165) is 30.1 Å². The maximum Gasteiger partial charge on any atom is 0.314 e. The van der Waals surface area contributed by atoms with Gasteiger partial charge in [0.15, 0.2) is 5.01 Å². The lowest BCUT2D eigenvalue weighted by Crippen LogP contribution is -2.51. The zero-order valence-corrected chi connectivity index (χ0v) is 19.7. The molecule has 0 bridgehead atoms. The van der Waals surface area contributed by atoms with Crippen LogP contribution in [0.15, 0.2) is 18.3 Å². The van der Waals surface area contributed by atoms with Gasteiger partial charge in [-0.15, -0.1) is 11.3 Å². The summed E-state index contributed by atoms with van der Waals surface area (Å²) < 4.78 is 0. The van der Waals surface area contributed by atoms with Crippen molar-refractivity contribution in [2.45, 2.75) is 25.9 Å². The molecule has 0 saturated carbocycles. The number of pyridine rings is 1. The van der Waals surface area contributed by atoms with Crippen molar-refractivity contribution >= 4 is 52.4 Å². The van der Waals surface area contributed by atoms with Gasteiger partial charge in [-0.2, -0.15) is 0 Å². The van der Waals surface area contributed by atoms with Gasteiger partial charge in [0, 0.05) is 50.6 Å². The molecule has 1 aliphatic heterocycles. The highest BCUT2D eigenvalue weighted by Crippen LogP contribution is 2.24. The zero-order chi connectivity index (χ0) is 24.0. The average Bonchev–Trinajstić information content (AvgIpc) is 3.20. The van der Waals surface area contributed by atoms with Gasteiger partial charge in [-0.3, -0.25) is 19.2 Å². The van der Waals surface area contributed by atoms with Crippen molar-refractivity contribution in [3.8, 4) is 0 Å². The number of rotatable bonds is 7. The zero-order valence-electron chi connectivity index (χ0n) is 18.1. The van der Waals surface area contributed by atoms with Crippen molar-refractivity contribution in [3.63, 3.8) is 0 Å². The second-order valence-electron chi connectivity index (χ2n) is 7.51. The largest absolute Gasteiger partial charge is 0.354 e. The SMILES string of the molecule is CC(=O)NCC(CNC(=O)C(=O)Nc1ccc(Cl)cn1)NC(=O)c1nc2c(s1)CN(C)CC2. The Labute approximate surface area is 199 Å². The molecule has 33 heavy (non-hydrogen) atoms. The summed E-state index contributed by atoms with van der Waals surface area (Å²) in [6.45, 7) is 2.94. The smallest absolute Gasteiger partial charge is 0.314 e. The fourth-order valence-electron chi connectivity index (χ4n) is 3.03. The highest BCUT2D eigenvalue weighted by atomic mass is 35.5. The van der Waals surface area contributed by atoms with E-state index in [1.807, 2.05) is 7.05 Å². The average molecular weight is 494 g/mol. The van der Waals surface area contributed by atoms with Crippen LogP contribution in [-0.2, 0) is 27.3 Å². The fourth-order valence-corrected chi connectivity index (χ4v) is 4.23. The summed E-state index contributed by atoms with van der Waals surface area (Å²) in [5.41, 5.74) is 0.919. The van der Waals surface area contributed by atoms with Crippen LogP contribution in [0.4, 0.5) is 5.82 Å². The monoisotopic (exact) mass is 493 g/mol. The molecule has 0 saturated heterocycles. The molecular formula is C20H24ClN7O4S. The van der Waals surface area contributed by atoms with Gasteiger partial charge in [-0.25, -0.2) is 9.97 Å². The quantitative estimate of drug-likeness (QED) is 0.402. The summed E-state index contributed by atoms with van der Waals surface area (Å²) in [6.07, 6.45) is 2.11.